The van der Waals surface area contributed by atoms with Crippen LogP contribution < -0.4 is 5.32 Å². The zero-order chi connectivity index (χ0) is 12.0. The first-order chi connectivity index (χ1) is 7.63. The second kappa shape index (κ2) is 6.40. The third kappa shape index (κ3) is 4.12. The molecule has 0 aliphatic carbocycles. The maximum atomic E-state index is 11.7. The summed E-state index contributed by atoms with van der Waals surface area (Å²) in [6.45, 7) is 0.953. The zero-order valence-electron chi connectivity index (χ0n) is 9.53. The number of hydrogen-bond donors (Lipinski definition) is 1. The zero-order valence-corrected chi connectivity index (χ0v) is 10.3. The standard InChI is InChI=1S/C11H16N2O2S/c1-12-11(15)5-6-13(2)8-9(14)10-4-3-7-16-10/h3-4,7H,5-6,8H2,1-2H3,(H,12,15). The summed E-state index contributed by atoms with van der Waals surface area (Å²) in [5, 5.41) is 4.44. The average Bonchev–Trinajstić information content (AvgIpc) is 2.79. The largest absolute Gasteiger partial charge is 0.359 e. The predicted octanol–water partition coefficient (Wildman–Crippen LogP) is 0.999. The van der Waals surface area contributed by atoms with Crippen molar-refractivity contribution in [2.75, 3.05) is 27.2 Å². The average molecular weight is 240 g/mol. The molecule has 0 aliphatic rings. The SMILES string of the molecule is CNC(=O)CCN(C)CC(=O)c1cccs1. The minimum absolute atomic E-state index is 0.00424. The maximum Gasteiger partial charge on any atom is 0.221 e. The lowest BCUT2D eigenvalue weighted by molar-refractivity contribution is -0.120. The van der Waals surface area contributed by atoms with E-state index >= 15 is 0 Å². The van der Waals surface area contributed by atoms with Crippen LogP contribution in [0.1, 0.15) is 16.1 Å². The van der Waals surface area contributed by atoms with Gasteiger partial charge in [0.1, 0.15) is 0 Å². The minimum atomic E-state index is -0.00424. The van der Waals surface area contributed by atoms with E-state index in [1.54, 1.807) is 7.05 Å². The van der Waals surface area contributed by atoms with Gasteiger partial charge < -0.3 is 5.32 Å². The van der Waals surface area contributed by atoms with Crippen LogP contribution in [0, 0.1) is 0 Å². The molecule has 0 bridgehead atoms. The van der Waals surface area contributed by atoms with Crippen LogP contribution >= 0.6 is 11.3 Å². The van der Waals surface area contributed by atoms with E-state index in [1.807, 2.05) is 29.5 Å². The number of Topliss-reactive ketones (excluding diaryl/α,β-unsaturated/α-hetero) is 1. The Morgan fingerprint density at radius 2 is 2.25 bits per heavy atom. The van der Waals surface area contributed by atoms with Gasteiger partial charge >= 0.3 is 0 Å². The molecule has 0 saturated heterocycles. The van der Waals surface area contributed by atoms with Gasteiger partial charge in [-0.2, -0.15) is 0 Å². The Bertz CT molecular complexity index is 349. The third-order valence-electron chi connectivity index (χ3n) is 2.21. The third-order valence-corrected chi connectivity index (χ3v) is 3.12. The van der Waals surface area contributed by atoms with Gasteiger partial charge in [-0.05, 0) is 18.5 Å². The van der Waals surface area contributed by atoms with Crippen molar-refractivity contribution in [1.82, 2.24) is 10.2 Å². The molecule has 0 atom stereocenters. The lowest BCUT2D eigenvalue weighted by atomic mass is 10.3. The quantitative estimate of drug-likeness (QED) is 0.755. The van der Waals surface area contributed by atoms with E-state index in [1.165, 1.54) is 11.3 Å². The summed E-state index contributed by atoms with van der Waals surface area (Å²) in [6.07, 6.45) is 0.421. The number of ketones is 1. The van der Waals surface area contributed by atoms with Crippen molar-refractivity contribution in [3.63, 3.8) is 0 Å². The highest BCUT2D eigenvalue weighted by atomic mass is 32.1. The molecule has 16 heavy (non-hydrogen) atoms. The molecule has 1 aromatic rings. The highest BCUT2D eigenvalue weighted by Crippen LogP contribution is 2.09. The summed E-state index contributed by atoms with van der Waals surface area (Å²) >= 11 is 1.45. The molecule has 1 N–H and O–H groups in total. The van der Waals surface area contributed by atoms with Gasteiger partial charge in [-0.3, -0.25) is 14.5 Å². The van der Waals surface area contributed by atoms with E-state index in [9.17, 15) is 9.59 Å². The number of nitrogens with zero attached hydrogens (tertiary/aromatic N) is 1. The van der Waals surface area contributed by atoms with Gasteiger partial charge in [0.05, 0.1) is 11.4 Å². The van der Waals surface area contributed by atoms with Crippen LogP contribution in [0.25, 0.3) is 0 Å². The molecule has 0 fully saturated rings. The predicted molar refractivity (Wildman–Crippen MR) is 64.8 cm³/mol. The van der Waals surface area contributed by atoms with E-state index < -0.39 is 0 Å². The second-order valence-corrected chi connectivity index (χ2v) is 4.51. The summed E-state index contributed by atoms with van der Waals surface area (Å²) in [7, 11) is 3.45. The Morgan fingerprint density at radius 1 is 1.50 bits per heavy atom. The molecule has 5 heteroatoms. The molecule has 1 rings (SSSR count). The Kier molecular flexibility index (Phi) is 5.14. The number of nitrogens with one attached hydrogen (secondary N) is 1. The van der Waals surface area contributed by atoms with Crippen molar-refractivity contribution >= 4 is 23.0 Å². The number of amides is 1. The van der Waals surface area contributed by atoms with Crippen molar-refractivity contribution in [2.45, 2.75) is 6.42 Å². The van der Waals surface area contributed by atoms with Crippen LogP contribution in [-0.2, 0) is 4.79 Å². The van der Waals surface area contributed by atoms with Gasteiger partial charge in [0.25, 0.3) is 0 Å². The maximum absolute atomic E-state index is 11.7. The van der Waals surface area contributed by atoms with E-state index in [-0.39, 0.29) is 11.7 Å². The van der Waals surface area contributed by atoms with Crippen LogP contribution in [0.15, 0.2) is 17.5 Å². The highest BCUT2D eigenvalue weighted by molar-refractivity contribution is 7.12. The first kappa shape index (κ1) is 12.9. The smallest absolute Gasteiger partial charge is 0.221 e. The molecule has 4 nitrogen and oxygen atoms in total. The van der Waals surface area contributed by atoms with E-state index in [2.05, 4.69) is 5.32 Å². The normalized spacial score (nSPS) is 10.4. The summed E-state index contributed by atoms with van der Waals surface area (Å²) in [5.74, 6) is 0.102. The van der Waals surface area contributed by atoms with Gasteiger partial charge in [0.15, 0.2) is 5.78 Å². The van der Waals surface area contributed by atoms with Crippen LogP contribution in [0.4, 0.5) is 0 Å². The fourth-order valence-corrected chi connectivity index (χ4v) is 1.91. The van der Waals surface area contributed by atoms with E-state index in [4.69, 9.17) is 0 Å². The minimum Gasteiger partial charge on any atom is -0.359 e. The molecule has 0 saturated carbocycles. The van der Waals surface area contributed by atoms with Crippen molar-refractivity contribution < 1.29 is 9.59 Å². The topological polar surface area (TPSA) is 49.4 Å². The van der Waals surface area contributed by atoms with Crippen LogP contribution in [-0.4, -0.2) is 43.8 Å². The Balaban J connectivity index is 2.32. The molecule has 1 heterocycles. The number of thiophene rings is 1. The summed E-state index contributed by atoms with van der Waals surface area (Å²) in [5.41, 5.74) is 0. The fourth-order valence-electron chi connectivity index (χ4n) is 1.26. The van der Waals surface area contributed by atoms with Crippen LogP contribution in [0.5, 0.6) is 0 Å². The summed E-state index contributed by atoms with van der Waals surface area (Å²) < 4.78 is 0. The van der Waals surface area contributed by atoms with Crippen molar-refractivity contribution in [3.05, 3.63) is 22.4 Å². The number of carbonyl (C=O) groups is 2. The number of carbonyl (C=O) groups excluding carboxylic acids is 2. The summed E-state index contributed by atoms with van der Waals surface area (Å²) in [4.78, 5) is 25.3. The molecule has 0 spiro atoms. The monoisotopic (exact) mass is 240 g/mol. The van der Waals surface area contributed by atoms with E-state index in [0.717, 1.165) is 4.88 Å². The number of likely N-dealkylation sites (N-methyl/N-ethyl adjacent to an activating group) is 1. The lowest BCUT2D eigenvalue weighted by Gasteiger charge is -2.14. The first-order valence-electron chi connectivity index (χ1n) is 5.09. The van der Waals surface area contributed by atoms with Gasteiger partial charge in [0, 0.05) is 20.0 Å². The number of hydrogen-bond acceptors (Lipinski definition) is 4. The molecular formula is C11H16N2O2S. The summed E-state index contributed by atoms with van der Waals surface area (Å²) in [6, 6.07) is 3.68. The Morgan fingerprint density at radius 3 is 2.81 bits per heavy atom. The molecule has 88 valence electrons. The molecule has 0 aliphatic heterocycles. The number of rotatable bonds is 6. The van der Waals surface area contributed by atoms with Crippen molar-refractivity contribution in [2.24, 2.45) is 0 Å². The highest BCUT2D eigenvalue weighted by Gasteiger charge is 2.10. The van der Waals surface area contributed by atoms with Gasteiger partial charge in [0.2, 0.25) is 5.91 Å². The molecule has 1 amide bonds. The van der Waals surface area contributed by atoms with Crippen LogP contribution in [0.3, 0.4) is 0 Å². The Labute approximate surface area is 99.3 Å². The molecule has 0 unspecified atom stereocenters. The van der Waals surface area contributed by atoms with Gasteiger partial charge in [-0.1, -0.05) is 6.07 Å². The van der Waals surface area contributed by atoms with Gasteiger partial charge in [-0.15, -0.1) is 11.3 Å². The molecule has 0 radical (unpaired) electrons. The molecular weight excluding hydrogens is 224 g/mol. The lowest BCUT2D eigenvalue weighted by Crippen LogP contribution is -2.30. The van der Waals surface area contributed by atoms with E-state index in [0.29, 0.717) is 19.5 Å². The fraction of sp³-hybridized carbons (Fsp3) is 0.455. The van der Waals surface area contributed by atoms with Crippen molar-refractivity contribution in [3.8, 4) is 0 Å². The van der Waals surface area contributed by atoms with Crippen molar-refractivity contribution in [1.29, 1.82) is 0 Å². The Hall–Kier alpha value is -1.20. The molecule has 1 aromatic heterocycles. The molecule has 0 aromatic carbocycles. The van der Waals surface area contributed by atoms with Crippen LogP contribution in [0.2, 0.25) is 0 Å². The second-order valence-electron chi connectivity index (χ2n) is 3.56. The first-order valence-corrected chi connectivity index (χ1v) is 5.97. The van der Waals surface area contributed by atoms with Gasteiger partial charge in [-0.25, -0.2) is 0 Å².